The average molecular weight is 644 g/mol. The number of aromatic nitrogens is 3. The Bertz CT molecular complexity index is 1540. The van der Waals surface area contributed by atoms with Crippen molar-refractivity contribution in [1.29, 1.82) is 0 Å². The zero-order valence-corrected chi connectivity index (χ0v) is 26.8. The average Bonchev–Trinajstić information content (AvgIpc) is 3.51. The first-order chi connectivity index (χ1) is 21.2. The molecule has 15 heteroatoms. The minimum Gasteiger partial charge on any atom is -0.487 e. The summed E-state index contributed by atoms with van der Waals surface area (Å²) < 4.78 is 34.7. The Balaban J connectivity index is 1.39. The molecule has 0 unspecified atom stereocenters. The molecule has 0 bridgehead atoms. The quantitative estimate of drug-likeness (QED) is 0.440. The Morgan fingerprint density at radius 1 is 1.24 bits per heavy atom. The van der Waals surface area contributed by atoms with Crippen LogP contribution < -0.4 is 4.74 Å². The van der Waals surface area contributed by atoms with Crippen LogP contribution in [0.5, 0.6) is 5.75 Å². The lowest BCUT2D eigenvalue weighted by Crippen LogP contribution is -2.54. The first kappa shape index (κ1) is 31.8. The van der Waals surface area contributed by atoms with E-state index in [-0.39, 0.29) is 53.4 Å². The first-order valence-electron chi connectivity index (χ1n) is 15.7. The molecule has 2 amide bonds. The Hall–Kier alpha value is -3.15. The van der Waals surface area contributed by atoms with Gasteiger partial charge in [-0.2, -0.15) is 0 Å². The standard InChI is InChI=1S/C30H38B2ClF2N5O5/c1-29(28(43)44)10-18(32)17(31)9-16(29)27(42)40-8-5-15-19(33)3-4-22(45-13-20-25(26(34)35)38(2)37-36-20)24(15)21(40)12-39-14-30(6-7-30)11-23(39)41/h3-4,16-18,21,26H,5-14,31-32H2,1-2H3,(H,43,44)/t16-,17+,18-,21+,29-/m0/s1. The number of benzene rings is 1. The van der Waals surface area contributed by atoms with Crippen molar-refractivity contribution in [3.63, 3.8) is 0 Å². The summed E-state index contributed by atoms with van der Waals surface area (Å²) in [4.78, 5) is 44.0. The molecule has 1 aromatic carbocycles. The molecular formula is C30H38B2ClF2N5O5. The fraction of sp³-hybridized carbons (Fsp3) is 0.633. The van der Waals surface area contributed by atoms with Crippen LogP contribution in [0.4, 0.5) is 8.78 Å². The summed E-state index contributed by atoms with van der Waals surface area (Å²) in [5.41, 5.74) is -0.243. The van der Waals surface area contributed by atoms with Crippen LogP contribution in [0, 0.1) is 16.7 Å². The number of halogens is 3. The van der Waals surface area contributed by atoms with Crippen LogP contribution in [-0.4, -0.2) is 83.0 Å². The van der Waals surface area contributed by atoms with Gasteiger partial charge in [-0.05, 0) is 62.1 Å². The molecular weight excluding hydrogens is 605 g/mol. The van der Waals surface area contributed by atoms with Crippen molar-refractivity contribution in [2.75, 3.05) is 19.6 Å². The largest absolute Gasteiger partial charge is 0.487 e. The summed E-state index contributed by atoms with van der Waals surface area (Å²) in [5, 5.41) is 18.4. The van der Waals surface area contributed by atoms with Crippen LogP contribution >= 0.6 is 11.6 Å². The van der Waals surface area contributed by atoms with E-state index in [1.807, 2.05) is 7.85 Å². The number of amides is 2. The van der Waals surface area contributed by atoms with Crippen LogP contribution in [-0.2, 0) is 34.5 Å². The van der Waals surface area contributed by atoms with Crippen molar-refractivity contribution in [3.8, 4) is 5.75 Å². The van der Waals surface area contributed by atoms with E-state index in [0.717, 1.165) is 23.1 Å². The Labute approximate surface area is 267 Å². The monoisotopic (exact) mass is 643 g/mol. The number of aliphatic carboxylic acids is 1. The number of nitrogens with zero attached hydrogens (tertiary/aromatic N) is 5. The Morgan fingerprint density at radius 2 is 1.98 bits per heavy atom. The van der Waals surface area contributed by atoms with Gasteiger partial charge in [0.2, 0.25) is 11.8 Å². The van der Waals surface area contributed by atoms with Crippen molar-refractivity contribution < 1.29 is 33.0 Å². The van der Waals surface area contributed by atoms with Crippen LogP contribution in [0.15, 0.2) is 12.1 Å². The van der Waals surface area contributed by atoms with Gasteiger partial charge in [0.1, 0.15) is 39.4 Å². The molecule has 2 aliphatic carbocycles. The number of carbonyl (C=O) groups excluding carboxylic acids is 2. The summed E-state index contributed by atoms with van der Waals surface area (Å²) >= 11 is 6.72. The molecule has 1 spiro atoms. The van der Waals surface area contributed by atoms with Gasteiger partial charge in [0.25, 0.3) is 6.43 Å². The molecule has 1 aromatic heterocycles. The van der Waals surface area contributed by atoms with Crippen LogP contribution in [0.3, 0.4) is 0 Å². The minimum absolute atomic E-state index is 0.00838. The summed E-state index contributed by atoms with van der Waals surface area (Å²) in [6, 6.07) is 2.67. The molecule has 2 saturated carbocycles. The molecule has 1 saturated heterocycles. The smallest absolute Gasteiger partial charge is 0.310 e. The molecule has 240 valence electrons. The van der Waals surface area contributed by atoms with Crippen LogP contribution in [0.25, 0.3) is 0 Å². The van der Waals surface area contributed by atoms with Gasteiger partial charge in [0.15, 0.2) is 0 Å². The number of rotatable bonds is 8. The molecule has 6 rings (SSSR count). The third-order valence-corrected chi connectivity index (χ3v) is 11.4. The maximum atomic E-state index is 14.6. The van der Waals surface area contributed by atoms with Gasteiger partial charge in [-0.1, -0.05) is 28.4 Å². The maximum absolute atomic E-state index is 14.6. The summed E-state index contributed by atoms with van der Waals surface area (Å²) in [5.74, 6) is -1.35. The van der Waals surface area contributed by atoms with E-state index in [1.54, 1.807) is 28.9 Å². The molecule has 3 fully saturated rings. The molecule has 2 aliphatic heterocycles. The number of carboxylic acids is 1. The molecule has 0 radical (unpaired) electrons. The SMILES string of the molecule is B[C@@H]1C[C@@H](C(=O)N2CCc3c(Cl)ccc(OCc4nnn(C)c4C(F)F)c3[C@H]2CN2CC3(CC3)CC2=O)[C@@](C)(C(=O)O)C[C@@H]1B. The lowest BCUT2D eigenvalue weighted by molar-refractivity contribution is -0.162. The van der Waals surface area contributed by atoms with Crippen molar-refractivity contribution >= 4 is 45.1 Å². The van der Waals surface area contributed by atoms with Gasteiger partial charge in [-0.25, -0.2) is 13.5 Å². The molecule has 5 atom stereocenters. The number of ether oxygens (including phenoxy) is 1. The zero-order valence-electron chi connectivity index (χ0n) is 26.1. The highest BCUT2D eigenvalue weighted by Gasteiger charge is 2.55. The maximum Gasteiger partial charge on any atom is 0.310 e. The topological polar surface area (TPSA) is 118 Å². The summed E-state index contributed by atoms with van der Waals surface area (Å²) in [6.07, 6.45) is 0.847. The lowest BCUT2D eigenvalue weighted by atomic mass is 9.50. The van der Waals surface area contributed by atoms with Gasteiger partial charge >= 0.3 is 5.97 Å². The predicted molar refractivity (Wildman–Crippen MR) is 166 cm³/mol. The second-order valence-corrected chi connectivity index (χ2v) is 14.4. The molecule has 2 aromatic rings. The summed E-state index contributed by atoms with van der Waals surface area (Å²) in [7, 11) is 5.47. The van der Waals surface area contributed by atoms with Gasteiger partial charge < -0.3 is 19.6 Å². The fourth-order valence-corrected chi connectivity index (χ4v) is 8.10. The number of hydrogen-bond acceptors (Lipinski definition) is 6. The molecule has 45 heavy (non-hydrogen) atoms. The third kappa shape index (κ3) is 5.61. The van der Waals surface area contributed by atoms with E-state index >= 15 is 0 Å². The van der Waals surface area contributed by atoms with E-state index in [9.17, 15) is 28.3 Å². The van der Waals surface area contributed by atoms with E-state index in [1.165, 1.54) is 7.05 Å². The van der Waals surface area contributed by atoms with Crippen LogP contribution in [0.1, 0.15) is 74.0 Å². The molecule has 4 aliphatic rings. The van der Waals surface area contributed by atoms with Gasteiger partial charge in [0, 0.05) is 43.7 Å². The molecule has 1 N–H and O–H groups in total. The summed E-state index contributed by atoms with van der Waals surface area (Å²) in [6.45, 7) is 2.47. The number of alkyl halides is 2. The predicted octanol–water partition coefficient (Wildman–Crippen LogP) is 2.77. The zero-order chi connectivity index (χ0) is 32.4. The fourth-order valence-electron chi connectivity index (χ4n) is 7.84. The van der Waals surface area contributed by atoms with E-state index in [0.29, 0.717) is 55.1 Å². The first-order valence-corrected chi connectivity index (χ1v) is 16.0. The van der Waals surface area contributed by atoms with Gasteiger partial charge in [0.05, 0.1) is 17.4 Å². The normalized spacial score (nSPS) is 28.9. The van der Waals surface area contributed by atoms with E-state index < -0.39 is 29.8 Å². The number of likely N-dealkylation sites (tertiary alicyclic amines) is 1. The molecule has 3 heterocycles. The number of fused-ring (bicyclic) bond motifs is 1. The van der Waals surface area contributed by atoms with Gasteiger partial charge in [-0.3, -0.25) is 14.4 Å². The highest BCUT2D eigenvalue weighted by atomic mass is 35.5. The van der Waals surface area contributed by atoms with Crippen molar-refractivity contribution in [2.24, 2.45) is 23.8 Å². The second-order valence-electron chi connectivity index (χ2n) is 14.0. The number of carboxylic acid groups (broad SMARTS) is 1. The number of hydrogen-bond donors (Lipinski definition) is 1. The Kier molecular flexibility index (Phi) is 8.19. The van der Waals surface area contributed by atoms with E-state index in [4.69, 9.17) is 16.3 Å². The highest BCUT2D eigenvalue weighted by Crippen LogP contribution is 2.55. The van der Waals surface area contributed by atoms with Gasteiger partial charge in [-0.15, -0.1) is 5.10 Å². The van der Waals surface area contributed by atoms with E-state index in [2.05, 4.69) is 18.2 Å². The second kappa shape index (κ2) is 11.6. The van der Waals surface area contributed by atoms with Crippen molar-refractivity contribution in [3.05, 3.63) is 39.7 Å². The minimum atomic E-state index is -2.80. The van der Waals surface area contributed by atoms with Crippen LogP contribution in [0.2, 0.25) is 16.7 Å². The third-order valence-electron chi connectivity index (χ3n) is 11.0. The van der Waals surface area contributed by atoms with Crippen molar-refractivity contribution in [2.45, 2.75) is 76.2 Å². The molecule has 10 nitrogen and oxygen atoms in total. The number of carbonyl (C=O) groups is 3. The lowest BCUT2D eigenvalue weighted by Gasteiger charge is -2.48. The number of aryl methyl sites for hydroxylation is 1. The Morgan fingerprint density at radius 3 is 2.62 bits per heavy atom. The highest BCUT2D eigenvalue weighted by molar-refractivity contribution is 6.31. The van der Waals surface area contributed by atoms with Crippen molar-refractivity contribution in [1.82, 2.24) is 24.8 Å².